The van der Waals surface area contributed by atoms with Crippen LogP contribution in [0, 0.1) is 24.1 Å². The molecule has 0 spiro atoms. The van der Waals surface area contributed by atoms with Gasteiger partial charge in [0.2, 0.25) is 5.91 Å². The molecule has 0 aromatic heterocycles. The highest BCUT2D eigenvalue weighted by Crippen LogP contribution is 2.15. The van der Waals surface area contributed by atoms with Gasteiger partial charge in [-0.25, -0.2) is 4.39 Å². The first-order valence-corrected chi connectivity index (χ1v) is 8.29. The van der Waals surface area contributed by atoms with E-state index in [0.717, 1.165) is 23.3 Å². The maximum atomic E-state index is 13.6. The lowest BCUT2D eigenvalue weighted by Crippen LogP contribution is -2.51. The van der Waals surface area contributed by atoms with E-state index in [0.29, 0.717) is 19.6 Å². The van der Waals surface area contributed by atoms with Crippen LogP contribution in [0.25, 0.3) is 0 Å². The predicted octanol–water partition coefficient (Wildman–Crippen LogP) is 2.49. The fraction of sp³-hybridized carbons (Fsp3) is 0.250. The van der Waals surface area contributed by atoms with Crippen LogP contribution in [0.2, 0.25) is 0 Å². The van der Waals surface area contributed by atoms with Gasteiger partial charge < -0.3 is 9.80 Å². The molecular formula is C20H18FN3O2. The van der Waals surface area contributed by atoms with Crippen molar-refractivity contribution in [1.29, 1.82) is 5.26 Å². The minimum absolute atomic E-state index is 0.0525. The fourth-order valence-electron chi connectivity index (χ4n) is 2.92. The molecule has 0 aliphatic carbocycles. The second kappa shape index (κ2) is 7.36. The first-order chi connectivity index (χ1) is 12.5. The van der Waals surface area contributed by atoms with Gasteiger partial charge in [-0.15, -0.1) is 0 Å². The van der Waals surface area contributed by atoms with Gasteiger partial charge >= 0.3 is 0 Å². The average Bonchev–Trinajstić information content (AvgIpc) is 2.64. The standard InChI is InChI=1S/C20H18FN3O2/c1-14-2-4-15(5-3-14)12-23-6-7-24(13-19(23)25)20(26)17-8-16(11-22)9-18(21)10-17/h2-5,8-10H,6-7,12-13H2,1H3. The summed E-state index contributed by atoms with van der Waals surface area (Å²) in [6.07, 6.45) is 0. The SMILES string of the molecule is Cc1ccc(CN2CCN(C(=O)c3cc(F)cc(C#N)c3)CC2=O)cc1. The molecule has 0 N–H and O–H groups in total. The highest BCUT2D eigenvalue weighted by molar-refractivity contribution is 5.97. The van der Waals surface area contributed by atoms with E-state index in [9.17, 15) is 14.0 Å². The second-order valence-corrected chi connectivity index (χ2v) is 6.37. The van der Waals surface area contributed by atoms with Crippen molar-refractivity contribution in [3.8, 4) is 6.07 Å². The molecule has 1 aliphatic heterocycles. The molecule has 3 rings (SSSR count). The van der Waals surface area contributed by atoms with Gasteiger partial charge in [-0.2, -0.15) is 5.26 Å². The van der Waals surface area contributed by atoms with Crippen LogP contribution in [0.3, 0.4) is 0 Å². The molecule has 26 heavy (non-hydrogen) atoms. The predicted molar refractivity (Wildman–Crippen MR) is 93.6 cm³/mol. The number of nitrogens with zero attached hydrogens (tertiary/aromatic N) is 3. The Morgan fingerprint density at radius 3 is 2.58 bits per heavy atom. The van der Waals surface area contributed by atoms with Crippen LogP contribution in [-0.2, 0) is 11.3 Å². The maximum Gasteiger partial charge on any atom is 0.254 e. The minimum atomic E-state index is -0.642. The molecule has 0 radical (unpaired) electrons. The number of carbonyl (C=O) groups is 2. The zero-order valence-electron chi connectivity index (χ0n) is 14.4. The monoisotopic (exact) mass is 351 g/mol. The molecule has 1 heterocycles. The quantitative estimate of drug-likeness (QED) is 0.853. The largest absolute Gasteiger partial charge is 0.335 e. The number of aryl methyl sites for hydroxylation is 1. The summed E-state index contributed by atoms with van der Waals surface area (Å²) in [5.41, 5.74) is 2.36. The highest BCUT2D eigenvalue weighted by Gasteiger charge is 2.28. The summed E-state index contributed by atoms with van der Waals surface area (Å²) >= 11 is 0. The average molecular weight is 351 g/mol. The lowest BCUT2D eigenvalue weighted by Gasteiger charge is -2.34. The number of halogens is 1. The Morgan fingerprint density at radius 1 is 1.19 bits per heavy atom. The van der Waals surface area contributed by atoms with Crippen LogP contribution in [-0.4, -0.2) is 41.2 Å². The molecule has 0 unspecified atom stereocenters. The van der Waals surface area contributed by atoms with Gasteiger partial charge in [-0.3, -0.25) is 9.59 Å². The van der Waals surface area contributed by atoms with E-state index in [4.69, 9.17) is 5.26 Å². The molecule has 2 aromatic carbocycles. The summed E-state index contributed by atoms with van der Waals surface area (Å²) in [6, 6.07) is 13.3. The molecule has 1 aliphatic rings. The van der Waals surface area contributed by atoms with Gasteiger partial charge in [0.05, 0.1) is 11.6 Å². The Hall–Kier alpha value is -3.20. The van der Waals surface area contributed by atoms with Crippen molar-refractivity contribution in [2.75, 3.05) is 19.6 Å². The third-order valence-electron chi connectivity index (χ3n) is 4.37. The molecular weight excluding hydrogens is 333 g/mol. The van der Waals surface area contributed by atoms with Gasteiger partial charge in [-0.1, -0.05) is 29.8 Å². The Labute approximate surface area is 151 Å². The normalized spacial score (nSPS) is 14.3. The van der Waals surface area contributed by atoms with E-state index >= 15 is 0 Å². The van der Waals surface area contributed by atoms with Gasteiger partial charge in [-0.05, 0) is 30.7 Å². The van der Waals surface area contributed by atoms with Gasteiger partial charge in [0, 0.05) is 25.2 Å². The van der Waals surface area contributed by atoms with Crippen LogP contribution < -0.4 is 0 Å². The van der Waals surface area contributed by atoms with Gasteiger partial charge in [0.1, 0.15) is 12.4 Å². The molecule has 1 fully saturated rings. The lowest BCUT2D eigenvalue weighted by molar-refractivity contribution is -0.135. The topological polar surface area (TPSA) is 64.4 Å². The number of rotatable bonds is 3. The van der Waals surface area contributed by atoms with Crippen molar-refractivity contribution in [2.45, 2.75) is 13.5 Å². The van der Waals surface area contributed by atoms with E-state index in [1.54, 1.807) is 4.90 Å². The van der Waals surface area contributed by atoms with E-state index < -0.39 is 11.7 Å². The molecule has 2 aromatic rings. The number of benzene rings is 2. The lowest BCUT2D eigenvalue weighted by atomic mass is 10.1. The van der Waals surface area contributed by atoms with Crippen molar-refractivity contribution in [1.82, 2.24) is 9.80 Å². The molecule has 2 amide bonds. The van der Waals surface area contributed by atoms with Gasteiger partial charge in [0.25, 0.3) is 5.91 Å². The van der Waals surface area contributed by atoms with Crippen molar-refractivity contribution in [3.63, 3.8) is 0 Å². The summed E-state index contributed by atoms with van der Waals surface area (Å²) < 4.78 is 13.6. The Balaban J connectivity index is 1.67. The number of amides is 2. The van der Waals surface area contributed by atoms with E-state index in [2.05, 4.69) is 0 Å². The molecule has 6 heteroatoms. The zero-order chi connectivity index (χ0) is 18.7. The molecule has 132 valence electrons. The number of hydrogen-bond donors (Lipinski definition) is 0. The van der Waals surface area contributed by atoms with Crippen molar-refractivity contribution in [3.05, 3.63) is 70.5 Å². The highest BCUT2D eigenvalue weighted by atomic mass is 19.1. The van der Waals surface area contributed by atoms with E-state index in [1.165, 1.54) is 11.0 Å². The first kappa shape index (κ1) is 17.6. The van der Waals surface area contributed by atoms with Crippen LogP contribution in [0.5, 0.6) is 0 Å². The summed E-state index contributed by atoms with van der Waals surface area (Å²) in [7, 11) is 0. The third kappa shape index (κ3) is 3.89. The zero-order valence-corrected chi connectivity index (χ0v) is 14.4. The summed E-state index contributed by atoms with van der Waals surface area (Å²) in [4.78, 5) is 28.1. The Morgan fingerprint density at radius 2 is 1.92 bits per heavy atom. The van der Waals surface area contributed by atoms with Crippen LogP contribution in [0.4, 0.5) is 4.39 Å². The summed E-state index contributed by atoms with van der Waals surface area (Å²) in [6.45, 7) is 3.24. The molecule has 0 atom stereocenters. The fourth-order valence-corrected chi connectivity index (χ4v) is 2.92. The minimum Gasteiger partial charge on any atom is -0.335 e. The third-order valence-corrected chi connectivity index (χ3v) is 4.37. The molecule has 0 saturated carbocycles. The van der Waals surface area contributed by atoms with E-state index in [1.807, 2.05) is 37.3 Å². The van der Waals surface area contributed by atoms with Crippen LogP contribution in [0.1, 0.15) is 27.0 Å². The van der Waals surface area contributed by atoms with Crippen LogP contribution in [0.15, 0.2) is 42.5 Å². The number of carbonyl (C=O) groups excluding carboxylic acids is 2. The van der Waals surface area contributed by atoms with E-state index in [-0.39, 0.29) is 23.6 Å². The van der Waals surface area contributed by atoms with Crippen molar-refractivity contribution < 1.29 is 14.0 Å². The second-order valence-electron chi connectivity index (χ2n) is 6.37. The maximum absolute atomic E-state index is 13.6. The van der Waals surface area contributed by atoms with Crippen molar-refractivity contribution >= 4 is 11.8 Å². The molecule has 0 bridgehead atoms. The number of hydrogen-bond acceptors (Lipinski definition) is 3. The summed E-state index contributed by atoms with van der Waals surface area (Å²) in [5, 5.41) is 8.91. The first-order valence-electron chi connectivity index (χ1n) is 8.29. The van der Waals surface area contributed by atoms with Crippen molar-refractivity contribution in [2.24, 2.45) is 0 Å². The number of nitriles is 1. The molecule has 1 saturated heterocycles. The molecule has 5 nitrogen and oxygen atoms in total. The Kier molecular flexibility index (Phi) is 4.99. The summed E-state index contributed by atoms with van der Waals surface area (Å²) in [5.74, 6) is -1.23. The van der Waals surface area contributed by atoms with Crippen LogP contribution >= 0.6 is 0 Å². The Bertz CT molecular complexity index is 887. The number of piperazine rings is 1. The van der Waals surface area contributed by atoms with Gasteiger partial charge in [0.15, 0.2) is 0 Å². The smallest absolute Gasteiger partial charge is 0.254 e.